The Balaban J connectivity index is 1.86. The second kappa shape index (κ2) is 5.39. The molecule has 2 aliphatic rings. The van der Waals surface area contributed by atoms with Crippen LogP contribution in [-0.4, -0.2) is 35.6 Å². The molecule has 21 heavy (non-hydrogen) atoms. The van der Waals surface area contributed by atoms with Crippen LogP contribution in [0.5, 0.6) is 0 Å². The Morgan fingerprint density at radius 1 is 1.24 bits per heavy atom. The summed E-state index contributed by atoms with van der Waals surface area (Å²) in [4.78, 5) is 26.6. The van der Waals surface area contributed by atoms with Crippen molar-refractivity contribution in [3.05, 3.63) is 30.3 Å². The molecule has 2 saturated heterocycles. The number of piperidine rings is 1. The number of para-hydroxylation sites is 1. The molecule has 1 aromatic rings. The lowest BCUT2D eigenvalue weighted by molar-refractivity contribution is -0.128. The van der Waals surface area contributed by atoms with E-state index in [-0.39, 0.29) is 18.0 Å². The van der Waals surface area contributed by atoms with Gasteiger partial charge >= 0.3 is 6.09 Å². The van der Waals surface area contributed by atoms with Crippen molar-refractivity contribution in [3.8, 4) is 0 Å². The maximum absolute atomic E-state index is 12.8. The molecular weight excluding hydrogens is 268 g/mol. The van der Waals surface area contributed by atoms with Crippen LogP contribution in [0.4, 0.5) is 10.5 Å². The molecule has 1 N–H and O–H groups in total. The third-order valence-corrected chi connectivity index (χ3v) is 4.67. The molecule has 5 heteroatoms. The van der Waals surface area contributed by atoms with E-state index in [4.69, 9.17) is 4.74 Å². The van der Waals surface area contributed by atoms with Gasteiger partial charge in [0.05, 0.1) is 7.11 Å². The third-order valence-electron chi connectivity index (χ3n) is 4.67. The molecule has 2 heterocycles. The maximum atomic E-state index is 12.8. The molecule has 0 spiro atoms. The lowest BCUT2D eigenvalue weighted by atomic mass is 9.87. The number of carbonyl (C=O) groups excluding carboxylic acids is 2. The highest BCUT2D eigenvalue weighted by atomic mass is 16.5. The predicted octanol–water partition coefficient (Wildman–Crippen LogP) is 2.78. The van der Waals surface area contributed by atoms with E-state index in [1.807, 2.05) is 30.3 Å². The molecule has 5 nitrogen and oxygen atoms in total. The molecule has 0 radical (unpaired) electrons. The highest BCUT2D eigenvalue weighted by Crippen LogP contribution is 2.45. The summed E-state index contributed by atoms with van der Waals surface area (Å²) in [5.41, 5.74) is 0.0157. The van der Waals surface area contributed by atoms with Crippen molar-refractivity contribution < 1.29 is 14.3 Å². The summed E-state index contributed by atoms with van der Waals surface area (Å²) in [6.07, 6.45) is 3.83. The number of hydrogen-bond donors (Lipinski definition) is 1. The summed E-state index contributed by atoms with van der Waals surface area (Å²) in [5, 5.41) is 2.95. The van der Waals surface area contributed by atoms with Crippen molar-refractivity contribution in [1.29, 1.82) is 0 Å². The van der Waals surface area contributed by atoms with Crippen molar-refractivity contribution in [3.63, 3.8) is 0 Å². The van der Waals surface area contributed by atoms with Crippen LogP contribution >= 0.6 is 0 Å². The fourth-order valence-electron chi connectivity index (χ4n) is 3.68. The van der Waals surface area contributed by atoms with Crippen molar-refractivity contribution in [2.45, 2.75) is 43.7 Å². The Morgan fingerprint density at radius 3 is 2.71 bits per heavy atom. The zero-order chi connectivity index (χ0) is 14.9. The SMILES string of the molecule is COC(=O)N1C2CCC[C@]1(C(=O)Nc1ccccc1)CC2. The van der Waals surface area contributed by atoms with Gasteiger partial charge in [0, 0.05) is 11.7 Å². The first-order valence-electron chi connectivity index (χ1n) is 7.41. The van der Waals surface area contributed by atoms with Gasteiger partial charge in [-0.05, 0) is 44.2 Å². The van der Waals surface area contributed by atoms with Crippen molar-refractivity contribution in [2.24, 2.45) is 0 Å². The lowest BCUT2D eigenvalue weighted by Crippen LogP contribution is -2.59. The summed E-state index contributed by atoms with van der Waals surface area (Å²) in [6, 6.07) is 9.50. The Bertz CT molecular complexity index is 542. The van der Waals surface area contributed by atoms with Gasteiger partial charge < -0.3 is 10.1 Å². The van der Waals surface area contributed by atoms with Gasteiger partial charge in [-0.15, -0.1) is 0 Å². The summed E-state index contributed by atoms with van der Waals surface area (Å²) in [5.74, 6) is -0.0960. The van der Waals surface area contributed by atoms with Gasteiger partial charge in [-0.1, -0.05) is 18.2 Å². The summed E-state index contributed by atoms with van der Waals surface area (Å²) in [7, 11) is 1.37. The van der Waals surface area contributed by atoms with Crippen molar-refractivity contribution in [2.75, 3.05) is 12.4 Å². The molecule has 112 valence electrons. The molecule has 0 aromatic heterocycles. The van der Waals surface area contributed by atoms with Crippen LogP contribution < -0.4 is 5.32 Å². The van der Waals surface area contributed by atoms with Crippen molar-refractivity contribution >= 4 is 17.7 Å². The first-order chi connectivity index (χ1) is 10.2. The molecule has 1 aromatic carbocycles. The van der Waals surface area contributed by atoms with Crippen LogP contribution in [0, 0.1) is 0 Å². The van der Waals surface area contributed by atoms with Gasteiger partial charge in [0.2, 0.25) is 5.91 Å². The van der Waals surface area contributed by atoms with E-state index in [2.05, 4.69) is 5.32 Å². The van der Waals surface area contributed by atoms with Gasteiger partial charge in [-0.3, -0.25) is 9.69 Å². The van der Waals surface area contributed by atoms with Gasteiger partial charge in [0.25, 0.3) is 0 Å². The quantitative estimate of drug-likeness (QED) is 0.910. The van der Waals surface area contributed by atoms with E-state index in [1.165, 1.54) is 7.11 Å². The molecule has 0 aliphatic carbocycles. The molecule has 2 amide bonds. The van der Waals surface area contributed by atoms with Crippen LogP contribution in [0.1, 0.15) is 32.1 Å². The highest BCUT2D eigenvalue weighted by molar-refractivity contribution is 6.00. The first kappa shape index (κ1) is 13.9. The largest absolute Gasteiger partial charge is 0.453 e. The second-order valence-electron chi connectivity index (χ2n) is 5.78. The molecular formula is C16H20N2O3. The second-order valence-corrected chi connectivity index (χ2v) is 5.78. The number of nitrogens with zero attached hydrogens (tertiary/aromatic N) is 1. The average molecular weight is 288 g/mol. The number of nitrogens with one attached hydrogen (secondary N) is 1. The van der Waals surface area contributed by atoms with E-state index >= 15 is 0 Å². The van der Waals surface area contributed by atoms with E-state index in [0.29, 0.717) is 12.8 Å². The predicted molar refractivity (Wildman–Crippen MR) is 78.9 cm³/mol. The molecule has 2 fully saturated rings. The Hall–Kier alpha value is -2.04. The highest BCUT2D eigenvalue weighted by Gasteiger charge is 2.56. The van der Waals surface area contributed by atoms with Crippen LogP contribution in [0.25, 0.3) is 0 Å². The number of amides is 2. The summed E-state index contributed by atoms with van der Waals surface area (Å²) < 4.78 is 4.90. The maximum Gasteiger partial charge on any atom is 0.410 e. The summed E-state index contributed by atoms with van der Waals surface area (Å²) >= 11 is 0. The monoisotopic (exact) mass is 288 g/mol. The molecule has 2 atom stereocenters. The van der Waals surface area contributed by atoms with Gasteiger partial charge in [0.15, 0.2) is 0 Å². The number of anilines is 1. The smallest absolute Gasteiger partial charge is 0.410 e. The minimum absolute atomic E-state index is 0.0960. The zero-order valence-corrected chi connectivity index (χ0v) is 12.2. The van der Waals surface area contributed by atoms with E-state index < -0.39 is 5.54 Å². The molecule has 2 bridgehead atoms. The number of methoxy groups -OCH3 is 1. The van der Waals surface area contributed by atoms with E-state index in [0.717, 1.165) is 24.9 Å². The fourth-order valence-corrected chi connectivity index (χ4v) is 3.68. The van der Waals surface area contributed by atoms with Crippen LogP contribution in [0.3, 0.4) is 0 Å². The average Bonchev–Trinajstić information content (AvgIpc) is 2.74. The molecule has 1 unspecified atom stereocenters. The topological polar surface area (TPSA) is 58.6 Å². The number of benzene rings is 1. The minimum atomic E-state index is -0.744. The van der Waals surface area contributed by atoms with Gasteiger partial charge in [-0.25, -0.2) is 4.79 Å². The minimum Gasteiger partial charge on any atom is -0.453 e. The fraction of sp³-hybridized carbons (Fsp3) is 0.500. The van der Waals surface area contributed by atoms with Crippen LogP contribution in [-0.2, 0) is 9.53 Å². The van der Waals surface area contributed by atoms with Crippen molar-refractivity contribution in [1.82, 2.24) is 4.90 Å². The van der Waals surface area contributed by atoms with E-state index in [9.17, 15) is 9.59 Å². The standard InChI is InChI=1S/C16H20N2O3/c1-21-15(20)18-13-8-5-10-16(18,11-9-13)14(19)17-12-6-3-2-4-7-12/h2-4,6-7,13H,5,8-11H2,1H3,(H,17,19)/t13?,16-/m1/s1. The number of hydrogen-bond acceptors (Lipinski definition) is 3. The number of rotatable bonds is 2. The normalized spacial score (nSPS) is 27.3. The number of ether oxygens (including phenoxy) is 1. The number of fused-ring (bicyclic) bond motifs is 2. The molecule has 2 aliphatic heterocycles. The number of carbonyl (C=O) groups is 2. The Morgan fingerprint density at radius 2 is 2.00 bits per heavy atom. The Kier molecular flexibility index (Phi) is 3.57. The molecule has 0 saturated carbocycles. The zero-order valence-electron chi connectivity index (χ0n) is 12.2. The summed E-state index contributed by atoms with van der Waals surface area (Å²) in [6.45, 7) is 0. The van der Waals surface area contributed by atoms with Gasteiger partial charge in [0.1, 0.15) is 5.54 Å². The van der Waals surface area contributed by atoms with Gasteiger partial charge in [-0.2, -0.15) is 0 Å². The van der Waals surface area contributed by atoms with Crippen LogP contribution in [0.15, 0.2) is 30.3 Å². The van der Waals surface area contributed by atoms with E-state index in [1.54, 1.807) is 4.90 Å². The third kappa shape index (κ3) is 2.26. The molecule has 3 rings (SSSR count). The Labute approximate surface area is 124 Å². The first-order valence-corrected chi connectivity index (χ1v) is 7.41. The van der Waals surface area contributed by atoms with Crippen LogP contribution in [0.2, 0.25) is 0 Å². The lowest BCUT2D eigenvalue weighted by Gasteiger charge is -2.42.